The molecule has 0 spiro atoms. The fourth-order valence-corrected chi connectivity index (χ4v) is 1.65. The average Bonchev–Trinajstić information content (AvgIpc) is 2.29. The molecule has 2 rings (SSSR count). The molecule has 1 aromatic carbocycles. The number of allylic oxidation sites excluding steroid dienone is 2. The summed E-state index contributed by atoms with van der Waals surface area (Å²) in [6, 6.07) is 10.5. The lowest BCUT2D eigenvalue weighted by molar-refractivity contribution is 1.26. The van der Waals surface area contributed by atoms with Crippen LogP contribution < -0.4 is 0 Å². The van der Waals surface area contributed by atoms with Crippen molar-refractivity contribution in [2.75, 3.05) is 0 Å². The Morgan fingerprint density at radius 3 is 2.94 bits per heavy atom. The van der Waals surface area contributed by atoms with Gasteiger partial charge in [0.15, 0.2) is 0 Å². The number of pyridine rings is 1. The lowest BCUT2D eigenvalue weighted by Gasteiger charge is -2.00. The number of aromatic nitrogens is 1. The Labute approximate surface area is 96.1 Å². The van der Waals surface area contributed by atoms with E-state index in [0.717, 1.165) is 17.6 Å². The van der Waals surface area contributed by atoms with E-state index >= 15 is 0 Å². The Balaban J connectivity index is 2.36. The molecule has 0 aliphatic heterocycles. The Kier molecular flexibility index (Phi) is 3.16. The van der Waals surface area contributed by atoms with Gasteiger partial charge in [-0.25, -0.2) is 0 Å². The van der Waals surface area contributed by atoms with Crippen molar-refractivity contribution >= 4 is 17.0 Å². The average molecular weight is 209 g/mol. The van der Waals surface area contributed by atoms with E-state index < -0.39 is 0 Å². The van der Waals surface area contributed by atoms with E-state index in [0.29, 0.717) is 0 Å². The van der Waals surface area contributed by atoms with E-state index in [1.165, 1.54) is 10.9 Å². The van der Waals surface area contributed by atoms with Crippen LogP contribution in [0.15, 0.2) is 49.1 Å². The molecule has 0 bridgehead atoms. The van der Waals surface area contributed by atoms with Crippen molar-refractivity contribution in [3.8, 4) is 0 Å². The van der Waals surface area contributed by atoms with Gasteiger partial charge < -0.3 is 0 Å². The van der Waals surface area contributed by atoms with Gasteiger partial charge in [-0.15, -0.1) is 6.58 Å². The molecule has 0 unspecified atom stereocenters. The van der Waals surface area contributed by atoms with E-state index in [1.807, 2.05) is 19.1 Å². The number of fused-ring (bicyclic) bond motifs is 1. The molecule has 0 radical (unpaired) electrons. The van der Waals surface area contributed by atoms with Crippen molar-refractivity contribution in [2.24, 2.45) is 0 Å². The molecule has 0 saturated carbocycles. The fourth-order valence-electron chi connectivity index (χ4n) is 1.65. The molecule has 0 atom stereocenters. The Bertz CT molecular complexity index is 538. The molecule has 16 heavy (non-hydrogen) atoms. The van der Waals surface area contributed by atoms with Crippen LogP contribution in [0.3, 0.4) is 0 Å². The number of hydrogen-bond donors (Lipinski definition) is 0. The number of benzene rings is 1. The van der Waals surface area contributed by atoms with Crippen LogP contribution in [-0.4, -0.2) is 4.98 Å². The molecule has 0 fully saturated rings. The third-order valence-electron chi connectivity index (χ3n) is 2.47. The predicted octanol–water partition coefficient (Wildman–Crippen LogP) is 4.13. The summed E-state index contributed by atoms with van der Waals surface area (Å²) in [6.45, 7) is 5.70. The summed E-state index contributed by atoms with van der Waals surface area (Å²) in [5, 5.41) is 1.19. The van der Waals surface area contributed by atoms with E-state index in [9.17, 15) is 0 Å². The molecule has 80 valence electrons. The van der Waals surface area contributed by atoms with Crippen LogP contribution in [0.2, 0.25) is 0 Å². The third kappa shape index (κ3) is 2.37. The first-order chi connectivity index (χ1) is 7.79. The zero-order valence-electron chi connectivity index (χ0n) is 9.48. The number of aryl methyl sites for hydroxylation is 1. The summed E-state index contributed by atoms with van der Waals surface area (Å²) < 4.78 is 0. The largest absolute Gasteiger partial charge is 0.253 e. The fraction of sp³-hybridized carbons (Fsp3) is 0.133. The molecule has 0 N–H and O–H groups in total. The minimum atomic E-state index is 0.907. The van der Waals surface area contributed by atoms with Gasteiger partial charge in [0.05, 0.1) is 5.52 Å². The number of nitrogens with zero attached hydrogens (tertiary/aromatic N) is 1. The highest BCUT2D eigenvalue weighted by molar-refractivity contribution is 5.81. The van der Waals surface area contributed by atoms with Gasteiger partial charge >= 0.3 is 0 Å². The van der Waals surface area contributed by atoms with Gasteiger partial charge in [0.25, 0.3) is 0 Å². The van der Waals surface area contributed by atoms with Gasteiger partial charge in [0, 0.05) is 11.1 Å². The number of hydrogen-bond acceptors (Lipinski definition) is 1. The summed E-state index contributed by atoms with van der Waals surface area (Å²) >= 11 is 0. The lowest BCUT2D eigenvalue weighted by atomic mass is 10.1. The molecular weight excluding hydrogens is 194 g/mol. The third-order valence-corrected chi connectivity index (χ3v) is 2.47. The smallest absolute Gasteiger partial charge is 0.0705 e. The number of rotatable bonds is 3. The van der Waals surface area contributed by atoms with Crippen LogP contribution in [0.25, 0.3) is 17.0 Å². The molecule has 2 aromatic rings. The van der Waals surface area contributed by atoms with Crippen LogP contribution >= 0.6 is 0 Å². The normalized spacial score (nSPS) is 11.1. The second kappa shape index (κ2) is 4.75. The first-order valence-electron chi connectivity index (χ1n) is 5.44. The molecule has 1 nitrogen and oxygen atoms in total. The lowest BCUT2D eigenvalue weighted by Crippen LogP contribution is -1.83. The highest BCUT2D eigenvalue weighted by Gasteiger charge is 1.95. The van der Waals surface area contributed by atoms with Gasteiger partial charge in [-0.3, -0.25) is 4.98 Å². The minimum Gasteiger partial charge on any atom is -0.253 e. The summed E-state index contributed by atoms with van der Waals surface area (Å²) in [7, 11) is 0. The van der Waals surface area contributed by atoms with E-state index in [2.05, 4.69) is 48.0 Å². The molecule has 0 saturated heterocycles. The Morgan fingerprint density at radius 1 is 1.25 bits per heavy atom. The minimum absolute atomic E-state index is 0.907. The van der Waals surface area contributed by atoms with E-state index in [1.54, 1.807) is 0 Å². The summed E-state index contributed by atoms with van der Waals surface area (Å²) in [5.74, 6) is 0. The van der Waals surface area contributed by atoms with Crippen LogP contribution in [0.1, 0.15) is 17.7 Å². The quantitative estimate of drug-likeness (QED) is 0.692. The molecule has 1 aromatic heterocycles. The van der Waals surface area contributed by atoms with Crippen molar-refractivity contribution in [3.05, 3.63) is 60.3 Å². The molecule has 0 aliphatic carbocycles. The summed E-state index contributed by atoms with van der Waals surface area (Å²) in [6.07, 6.45) is 7.02. The van der Waals surface area contributed by atoms with Crippen molar-refractivity contribution in [2.45, 2.75) is 13.3 Å². The van der Waals surface area contributed by atoms with E-state index in [-0.39, 0.29) is 0 Å². The first kappa shape index (κ1) is 10.6. The van der Waals surface area contributed by atoms with Crippen LogP contribution in [0, 0.1) is 6.92 Å². The van der Waals surface area contributed by atoms with Gasteiger partial charge in [-0.1, -0.05) is 30.4 Å². The maximum absolute atomic E-state index is 4.47. The predicted molar refractivity (Wildman–Crippen MR) is 70.3 cm³/mol. The zero-order valence-corrected chi connectivity index (χ0v) is 9.48. The van der Waals surface area contributed by atoms with Crippen molar-refractivity contribution in [1.82, 2.24) is 4.98 Å². The van der Waals surface area contributed by atoms with Crippen molar-refractivity contribution < 1.29 is 0 Å². The second-order valence-corrected chi connectivity index (χ2v) is 3.83. The van der Waals surface area contributed by atoms with E-state index in [4.69, 9.17) is 0 Å². The molecular formula is C15H15N. The monoisotopic (exact) mass is 209 g/mol. The molecule has 0 amide bonds. The standard InChI is InChI=1S/C15H15N/c1-3-4-5-6-13-8-10-15-14(11-13)9-7-12(2)16-15/h3,5-11H,1,4H2,2H3/b6-5+. The molecule has 1 heteroatoms. The zero-order chi connectivity index (χ0) is 11.4. The molecule has 0 aliphatic rings. The van der Waals surface area contributed by atoms with Gasteiger partial charge in [0.2, 0.25) is 0 Å². The van der Waals surface area contributed by atoms with Crippen LogP contribution in [0.4, 0.5) is 0 Å². The van der Waals surface area contributed by atoms with Gasteiger partial charge in [-0.2, -0.15) is 0 Å². The first-order valence-corrected chi connectivity index (χ1v) is 5.44. The Hall–Kier alpha value is -1.89. The Morgan fingerprint density at radius 2 is 2.12 bits per heavy atom. The highest BCUT2D eigenvalue weighted by atomic mass is 14.7. The maximum Gasteiger partial charge on any atom is 0.0705 e. The topological polar surface area (TPSA) is 12.9 Å². The highest BCUT2D eigenvalue weighted by Crippen LogP contribution is 2.15. The summed E-state index contributed by atoms with van der Waals surface area (Å²) in [4.78, 5) is 4.47. The van der Waals surface area contributed by atoms with Gasteiger partial charge in [0.1, 0.15) is 0 Å². The van der Waals surface area contributed by atoms with Crippen LogP contribution in [0.5, 0.6) is 0 Å². The molecule has 1 heterocycles. The van der Waals surface area contributed by atoms with Crippen molar-refractivity contribution in [1.29, 1.82) is 0 Å². The second-order valence-electron chi connectivity index (χ2n) is 3.83. The summed E-state index contributed by atoms with van der Waals surface area (Å²) in [5.41, 5.74) is 3.32. The SMILES string of the molecule is C=CC/C=C/c1ccc2nc(C)ccc2c1. The maximum atomic E-state index is 4.47. The van der Waals surface area contributed by atoms with Crippen molar-refractivity contribution in [3.63, 3.8) is 0 Å². The van der Waals surface area contributed by atoms with Gasteiger partial charge in [-0.05, 0) is 37.1 Å². The van der Waals surface area contributed by atoms with Crippen LogP contribution in [-0.2, 0) is 0 Å².